The van der Waals surface area contributed by atoms with Crippen LogP contribution in [0.2, 0.25) is 0 Å². The van der Waals surface area contributed by atoms with E-state index in [1.54, 1.807) is 4.68 Å². The van der Waals surface area contributed by atoms with Gasteiger partial charge in [-0.05, 0) is 44.5 Å². The first-order valence-corrected chi connectivity index (χ1v) is 6.61. The second-order valence-corrected chi connectivity index (χ2v) is 5.12. The molecular formula is C13H16BrN3O. The molecule has 0 amide bonds. The predicted octanol–water partition coefficient (Wildman–Crippen LogP) is 2.62. The van der Waals surface area contributed by atoms with Crippen molar-refractivity contribution in [2.24, 2.45) is 0 Å². The van der Waals surface area contributed by atoms with Gasteiger partial charge in [0.15, 0.2) is 0 Å². The Balaban J connectivity index is 2.74. The van der Waals surface area contributed by atoms with E-state index in [1.807, 2.05) is 43.7 Å². The highest BCUT2D eigenvalue weighted by molar-refractivity contribution is 9.10. The lowest BCUT2D eigenvalue weighted by atomic mass is 10.2. The largest absolute Gasteiger partial charge is 0.393 e. The Bertz CT molecular complexity index is 655. The monoisotopic (exact) mass is 309 g/mol. The van der Waals surface area contributed by atoms with Gasteiger partial charge in [-0.25, -0.2) is 4.68 Å². The van der Waals surface area contributed by atoms with Gasteiger partial charge in [-0.2, -0.15) is 0 Å². The molecule has 2 aromatic rings. The molecule has 1 aromatic heterocycles. The van der Waals surface area contributed by atoms with Gasteiger partial charge in [0.25, 0.3) is 5.56 Å². The maximum absolute atomic E-state index is 12.2. The molecule has 2 rings (SSSR count). The summed E-state index contributed by atoms with van der Waals surface area (Å²) in [5.74, 6) is 0. The molecule has 2 N–H and O–H groups in total. The molecule has 0 aliphatic carbocycles. The number of anilines is 1. The molecule has 0 aliphatic rings. The fourth-order valence-corrected chi connectivity index (χ4v) is 2.31. The number of aromatic nitrogens is 2. The molecular weight excluding hydrogens is 294 g/mol. The third-order valence-electron chi connectivity index (χ3n) is 3.13. The zero-order valence-electron chi connectivity index (χ0n) is 10.7. The van der Waals surface area contributed by atoms with E-state index in [1.165, 1.54) is 0 Å². The van der Waals surface area contributed by atoms with Crippen LogP contribution in [0.25, 0.3) is 5.69 Å². The number of nitrogens with two attached hydrogens (primary N) is 1. The third-order valence-corrected chi connectivity index (χ3v) is 4.02. The third kappa shape index (κ3) is 1.88. The SMILES string of the molecule is CCn1c(C)c(N)c(=O)n1-c1ccc(Br)c(C)c1. The van der Waals surface area contributed by atoms with Gasteiger partial charge in [-0.1, -0.05) is 15.9 Å². The highest BCUT2D eigenvalue weighted by Gasteiger charge is 2.14. The van der Waals surface area contributed by atoms with Crippen molar-refractivity contribution < 1.29 is 0 Å². The zero-order chi connectivity index (χ0) is 13.4. The Morgan fingerprint density at radius 2 is 2.00 bits per heavy atom. The summed E-state index contributed by atoms with van der Waals surface area (Å²) in [7, 11) is 0. The van der Waals surface area contributed by atoms with E-state index in [0.717, 1.165) is 21.4 Å². The average Bonchev–Trinajstić information content (AvgIpc) is 2.57. The van der Waals surface area contributed by atoms with Gasteiger partial charge in [0, 0.05) is 11.0 Å². The summed E-state index contributed by atoms with van der Waals surface area (Å²) >= 11 is 3.46. The Labute approximate surface area is 114 Å². The van der Waals surface area contributed by atoms with Gasteiger partial charge in [0.2, 0.25) is 0 Å². The van der Waals surface area contributed by atoms with Crippen molar-refractivity contribution >= 4 is 21.6 Å². The Kier molecular flexibility index (Phi) is 3.34. The van der Waals surface area contributed by atoms with E-state index in [4.69, 9.17) is 5.73 Å². The lowest BCUT2D eigenvalue weighted by molar-refractivity contribution is 0.559. The average molecular weight is 310 g/mol. The number of benzene rings is 1. The van der Waals surface area contributed by atoms with Gasteiger partial charge in [-0.15, -0.1) is 0 Å². The highest BCUT2D eigenvalue weighted by Crippen LogP contribution is 2.20. The minimum Gasteiger partial charge on any atom is -0.393 e. The van der Waals surface area contributed by atoms with Gasteiger partial charge >= 0.3 is 0 Å². The molecule has 1 heterocycles. The van der Waals surface area contributed by atoms with Crippen LogP contribution in [0.3, 0.4) is 0 Å². The lowest BCUT2D eigenvalue weighted by Crippen LogP contribution is -2.22. The summed E-state index contributed by atoms with van der Waals surface area (Å²) < 4.78 is 4.54. The van der Waals surface area contributed by atoms with Crippen LogP contribution in [0.1, 0.15) is 18.2 Å². The van der Waals surface area contributed by atoms with E-state index < -0.39 is 0 Å². The molecule has 0 saturated carbocycles. The van der Waals surface area contributed by atoms with E-state index in [9.17, 15) is 4.79 Å². The number of nitrogens with zero attached hydrogens (tertiary/aromatic N) is 2. The molecule has 1 aromatic carbocycles. The fraction of sp³-hybridized carbons (Fsp3) is 0.308. The molecule has 0 aliphatic heterocycles. The van der Waals surface area contributed by atoms with Crippen LogP contribution in [0.4, 0.5) is 5.69 Å². The maximum Gasteiger partial charge on any atom is 0.294 e. The quantitative estimate of drug-likeness (QED) is 0.927. The van der Waals surface area contributed by atoms with Crippen molar-refractivity contribution in [3.05, 3.63) is 44.3 Å². The molecule has 0 atom stereocenters. The summed E-state index contributed by atoms with van der Waals surface area (Å²) in [5.41, 5.74) is 8.71. The summed E-state index contributed by atoms with van der Waals surface area (Å²) in [5, 5.41) is 0. The summed E-state index contributed by atoms with van der Waals surface area (Å²) in [4.78, 5) is 12.2. The highest BCUT2D eigenvalue weighted by atomic mass is 79.9. The van der Waals surface area contributed by atoms with E-state index in [2.05, 4.69) is 15.9 Å². The number of aryl methyl sites for hydroxylation is 1. The molecule has 0 saturated heterocycles. The minimum absolute atomic E-state index is 0.156. The van der Waals surface area contributed by atoms with Crippen molar-refractivity contribution in [3.63, 3.8) is 0 Å². The van der Waals surface area contributed by atoms with Gasteiger partial charge in [0.1, 0.15) is 5.69 Å². The second-order valence-electron chi connectivity index (χ2n) is 4.27. The molecule has 0 fully saturated rings. The van der Waals surface area contributed by atoms with Crippen molar-refractivity contribution in [2.75, 3.05) is 5.73 Å². The minimum atomic E-state index is -0.156. The Morgan fingerprint density at radius 3 is 2.56 bits per heavy atom. The van der Waals surface area contributed by atoms with Crippen LogP contribution >= 0.6 is 15.9 Å². The van der Waals surface area contributed by atoms with E-state index in [-0.39, 0.29) is 5.56 Å². The second kappa shape index (κ2) is 4.65. The smallest absolute Gasteiger partial charge is 0.294 e. The summed E-state index contributed by atoms with van der Waals surface area (Å²) in [6.07, 6.45) is 0. The number of hydrogen-bond acceptors (Lipinski definition) is 2. The van der Waals surface area contributed by atoms with Crippen LogP contribution in [-0.4, -0.2) is 9.36 Å². The van der Waals surface area contributed by atoms with Gasteiger partial charge < -0.3 is 5.73 Å². The molecule has 96 valence electrons. The number of halogens is 1. The number of rotatable bonds is 2. The fourth-order valence-electron chi connectivity index (χ4n) is 2.06. The molecule has 0 bridgehead atoms. The lowest BCUT2D eigenvalue weighted by Gasteiger charge is -2.12. The normalized spacial score (nSPS) is 10.9. The first-order chi connectivity index (χ1) is 8.47. The standard InChI is InChI=1S/C13H16BrN3O/c1-4-16-9(3)12(15)13(18)17(16)10-5-6-11(14)8(2)7-10/h5-7H,4,15H2,1-3H3. The van der Waals surface area contributed by atoms with Gasteiger partial charge in [-0.3, -0.25) is 9.48 Å². The number of hydrogen-bond donors (Lipinski definition) is 1. The van der Waals surface area contributed by atoms with Gasteiger partial charge in [0.05, 0.1) is 11.4 Å². The predicted molar refractivity (Wildman–Crippen MR) is 77.3 cm³/mol. The van der Waals surface area contributed by atoms with Crippen LogP contribution in [0, 0.1) is 13.8 Å². The summed E-state index contributed by atoms with van der Waals surface area (Å²) in [6.45, 7) is 6.55. The first-order valence-electron chi connectivity index (χ1n) is 5.81. The van der Waals surface area contributed by atoms with Crippen LogP contribution in [0.15, 0.2) is 27.5 Å². The Hall–Kier alpha value is -1.49. The van der Waals surface area contributed by atoms with Crippen molar-refractivity contribution in [3.8, 4) is 5.69 Å². The van der Waals surface area contributed by atoms with Crippen molar-refractivity contribution in [1.82, 2.24) is 9.36 Å². The van der Waals surface area contributed by atoms with Crippen LogP contribution in [-0.2, 0) is 6.54 Å². The molecule has 4 nitrogen and oxygen atoms in total. The van der Waals surface area contributed by atoms with Crippen molar-refractivity contribution in [1.29, 1.82) is 0 Å². The topological polar surface area (TPSA) is 52.9 Å². The Morgan fingerprint density at radius 1 is 1.33 bits per heavy atom. The molecule has 0 radical (unpaired) electrons. The van der Waals surface area contributed by atoms with Crippen molar-refractivity contribution in [2.45, 2.75) is 27.3 Å². The van der Waals surface area contributed by atoms with E-state index in [0.29, 0.717) is 12.2 Å². The van der Waals surface area contributed by atoms with Crippen LogP contribution < -0.4 is 11.3 Å². The molecule has 18 heavy (non-hydrogen) atoms. The molecule has 5 heteroatoms. The van der Waals surface area contributed by atoms with Crippen LogP contribution in [0.5, 0.6) is 0 Å². The first kappa shape index (κ1) is 13.0. The number of nitrogen functional groups attached to an aromatic ring is 1. The van der Waals surface area contributed by atoms with E-state index >= 15 is 0 Å². The summed E-state index contributed by atoms with van der Waals surface area (Å²) in [6, 6.07) is 5.82. The molecule has 0 unspecified atom stereocenters. The molecule has 0 spiro atoms. The maximum atomic E-state index is 12.2. The zero-order valence-corrected chi connectivity index (χ0v) is 12.3.